The summed E-state index contributed by atoms with van der Waals surface area (Å²) in [6.07, 6.45) is 1.94. The molecule has 0 radical (unpaired) electrons. The zero-order chi connectivity index (χ0) is 11.9. The molecule has 0 heterocycles. The molecule has 5 heteroatoms. The predicted molar refractivity (Wildman–Crippen MR) is 64.2 cm³/mol. The van der Waals surface area contributed by atoms with Gasteiger partial charge in [0, 0.05) is 24.3 Å². The van der Waals surface area contributed by atoms with E-state index in [0.29, 0.717) is 18.8 Å². The average molecular weight is 237 g/mol. The number of hydrogen-bond donors (Lipinski definition) is 4. The van der Waals surface area contributed by atoms with Gasteiger partial charge in [0.15, 0.2) is 0 Å². The lowest BCUT2D eigenvalue weighted by Crippen LogP contribution is -2.45. The maximum atomic E-state index is 9.85. The third-order valence-electron chi connectivity index (χ3n) is 2.28. The summed E-state index contributed by atoms with van der Waals surface area (Å²) in [5.74, 6) is 0.662. The van der Waals surface area contributed by atoms with Gasteiger partial charge in [0.25, 0.3) is 0 Å². The Morgan fingerprint density at radius 1 is 1.13 bits per heavy atom. The second-order valence-electron chi connectivity index (χ2n) is 4.66. The largest absolute Gasteiger partial charge is 0.396 e. The van der Waals surface area contributed by atoms with Gasteiger partial charge in [-0.15, -0.1) is 0 Å². The van der Waals surface area contributed by atoms with Crippen LogP contribution >= 0.6 is 11.8 Å². The van der Waals surface area contributed by atoms with Crippen molar-refractivity contribution in [3.05, 3.63) is 0 Å². The SMILES string of the molecule is CSCC(C)(O)CNCC(C)(CO)CO. The van der Waals surface area contributed by atoms with Gasteiger partial charge in [-0.05, 0) is 13.2 Å². The minimum absolute atomic E-state index is 0.0683. The van der Waals surface area contributed by atoms with Gasteiger partial charge in [-0.1, -0.05) is 6.92 Å². The molecular formula is C10H23NO3S. The molecule has 0 spiro atoms. The number of aliphatic hydroxyl groups excluding tert-OH is 2. The quantitative estimate of drug-likeness (QED) is 0.466. The number of nitrogens with one attached hydrogen (secondary N) is 1. The van der Waals surface area contributed by atoms with Crippen molar-refractivity contribution in [1.29, 1.82) is 0 Å². The molecule has 1 atom stereocenters. The summed E-state index contributed by atoms with van der Waals surface area (Å²) < 4.78 is 0. The molecule has 0 saturated carbocycles. The summed E-state index contributed by atoms with van der Waals surface area (Å²) in [5.41, 5.74) is -1.26. The third kappa shape index (κ3) is 6.37. The summed E-state index contributed by atoms with van der Waals surface area (Å²) in [7, 11) is 0. The van der Waals surface area contributed by atoms with E-state index < -0.39 is 11.0 Å². The first-order valence-corrected chi connectivity index (χ1v) is 6.42. The van der Waals surface area contributed by atoms with Gasteiger partial charge >= 0.3 is 0 Å². The van der Waals surface area contributed by atoms with Crippen LogP contribution in [-0.2, 0) is 0 Å². The molecular weight excluding hydrogens is 214 g/mol. The monoisotopic (exact) mass is 237 g/mol. The van der Waals surface area contributed by atoms with Crippen molar-refractivity contribution >= 4 is 11.8 Å². The van der Waals surface area contributed by atoms with Gasteiger partial charge in [0.1, 0.15) is 0 Å². The van der Waals surface area contributed by atoms with Gasteiger partial charge in [-0.3, -0.25) is 0 Å². The van der Waals surface area contributed by atoms with Gasteiger partial charge < -0.3 is 20.6 Å². The minimum atomic E-state index is -0.745. The standard InChI is InChI=1S/C10H23NO3S/c1-9(6-12,7-13)4-11-5-10(2,14)8-15-3/h11-14H,4-8H2,1-3H3. The number of hydrogen-bond acceptors (Lipinski definition) is 5. The Morgan fingerprint density at radius 2 is 1.67 bits per heavy atom. The summed E-state index contributed by atoms with van der Waals surface area (Å²) >= 11 is 1.59. The minimum Gasteiger partial charge on any atom is -0.396 e. The van der Waals surface area contributed by atoms with Crippen molar-refractivity contribution in [3.63, 3.8) is 0 Å². The van der Waals surface area contributed by atoms with Crippen molar-refractivity contribution in [2.45, 2.75) is 19.4 Å². The van der Waals surface area contributed by atoms with Crippen molar-refractivity contribution in [2.24, 2.45) is 5.41 Å². The van der Waals surface area contributed by atoms with Gasteiger partial charge in [-0.25, -0.2) is 0 Å². The van der Waals surface area contributed by atoms with Crippen LogP contribution in [0.5, 0.6) is 0 Å². The van der Waals surface area contributed by atoms with E-state index in [4.69, 9.17) is 10.2 Å². The molecule has 15 heavy (non-hydrogen) atoms. The second kappa shape index (κ2) is 6.70. The molecule has 0 amide bonds. The van der Waals surface area contributed by atoms with Gasteiger partial charge in [0.05, 0.1) is 18.8 Å². The van der Waals surface area contributed by atoms with E-state index in [9.17, 15) is 5.11 Å². The van der Waals surface area contributed by atoms with E-state index in [0.717, 1.165) is 0 Å². The van der Waals surface area contributed by atoms with Crippen LogP contribution in [0, 0.1) is 5.41 Å². The van der Waals surface area contributed by atoms with Crippen molar-refractivity contribution < 1.29 is 15.3 Å². The van der Waals surface area contributed by atoms with Crippen LogP contribution in [0.4, 0.5) is 0 Å². The number of thioether (sulfide) groups is 1. The molecule has 0 aromatic heterocycles. The molecule has 0 bridgehead atoms. The van der Waals surface area contributed by atoms with Crippen LogP contribution < -0.4 is 5.32 Å². The molecule has 0 aliphatic rings. The van der Waals surface area contributed by atoms with Crippen LogP contribution in [0.15, 0.2) is 0 Å². The van der Waals surface area contributed by atoms with E-state index in [1.165, 1.54) is 0 Å². The fraction of sp³-hybridized carbons (Fsp3) is 1.00. The number of aliphatic hydroxyl groups is 3. The topological polar surface area (TPSA) is 72.7 Å². The summed E-state index contributed by atoms with van der Waals surface area (Å²) in [6.45, 7) is 4.38. The Labute approximate surface area is 96.1 Å². The molecule has 1 unspecified atom stereocenters. The summed E-state index contributed by atoms with van der Waals surface area (Å²) in [4.78, 5) is 0. The maximum Gasteiger partial charge on any atom is 0.0833 e. The Hall–Kier alpha value is 0.190. The van der Waals surface area contributed by atoms with Crippen molar-refractivity contribution in [2.75, 3.05) is 38.3 Å². The lowest BCUT2D eigenvalue weighted by Gasteiger charge is -2.28. The first-order valence-electron chi connectivity index (χ1n) is 5.03. The second-order valence-corrected chi connectivity index (χ2v) is 5.53. The highest BCUT2D eigenvalue weighted by atomic mass is 32.2. The lowest BCUT2D eigenvalue weighted by atomic mass is 9.93. The molecule has 0 rings (SSSR count). The fourth-order valence-corrected chi connectivity index (χ4v) is 1.88. The van der Waals surface area contributed by atoms with Crippen LogP contribution in [-0.4, -0.2) is 59.2 Å². The van der Waals surface area contributed by atoms with E-state index in [-0.39, 0.29) is 13.2 Å². The Morgan fingerprint density at radius 3 is 2.07 bits per heavy atom. The Balaban J connectivity index is 3.87. The molecule has 0 aliphatic carbocycles. The lowest BCUT2D eigenvalue weighted by molar-refractivity contribution is 0.0521. The van der Waals surface area contributed by atoms with Crippen LogP contribution in [0.2, 0.25) is 0 Å². The zero-order valence-electron chi connectivity index (χ0n) is 9.79. The molecule has 92 valence electrons. The van der Waals surface area contributed by atoms with E-state index >= 15 is 0 Å². The highest BCUT2D eigenvalue weighted by Gasteiger charge is 2.24. The van der Waals surface area contributed by atoms with Crippen LogP contribution in [0.3, 0.4) is 0 Å². The van der Waals surface area contributed by atoms with E-state index in [1.54, 1.807) is 25.6 Å². The predicted octanol–water partition coefficient (Wildman–Crippen LogP) is -0.319. The fourth-order valence-electron chi connectivity index (χ4n) is 1.16. The normalized spacial score (nSPS) is 16.4. The Bertz CT molecular complexity index is 172. The zero-order valence-corrected chi connectivity index (χ0v) is 10.6. The molecule has 0 aliphatic heterocycles. The molecule has 4 N–H and O–H groups in total. The third-order valence-corrected chi connectivity index (χ3v) is 3.19. The van der Waals surface area contributed by atoms with E-state index in [1.807, 2.05) is 6.26 Å². The van der Waals surface area contributed by atoms with Gasteiger partial charge in [-0.2, -0.15) is 11.8 Å². The first-order chi connectivity index (χ1) is 6.89. The molecule has 4 nitrogen and oxygen atoms in total. The van der Waals surface area contributed by atoms with Crippen molar-refractivity contribution in [1.82, 2.24) is 5.32 Å². The summed E-state index contributed by atoms with van der Waals surface area (Å²) in [5, 5.41) is 31.0. The summed E-state index contributed by atoms with van der Waals surface area (Å²) in [6, 6.07) is 0. The van der Waals surface area contributed by atoms with Crippen LogP contribution in [0.25, 0.3) is 0 Å². The Kier molecular flexibility index (Phi) is 6.79. The molecule has 0 aromatic carbocycles. The van der Waals surface area contributed by atoms with Gasteiger partial charge in [0.2, 0.25) is 0 Å². The van der Waals surface area contributed by atoms with E-state index in [2.05, 4.69) is 5.32 Å². The highest BCUT2D eigenvalue weighted by molar-refractivity contribution is 7.98. The molecule has 0 fully saturated rings. The smallest absolute Gasteiger partial charge is 0.0833 e. The van der Waals surface area contributed by atoms with Crippen LogP contribution in [0.1, 0.15) is 13.8 Å². The average Bonchev–Trinajstić information content (AvgIpc) is 2.17. The molecule has 0 saturated heterocycles. The maximum absolute atomic E-state index is 9.85. The molecule has 0 aromatic rings. The van der Waals surface area contributed by atoms with Crippen molar-refractivity contribution in [3.8, 4) is 0 Å². The highest BCUT2D eigenvalue weighted by Crippen LogP contribution is 2.13. The number of rotatable bonds is 8. The first kappa shape index (κ1) is 15.2.